The third-order valence-electron chi connectivity index (χ3n) is 3.24. The highest BCUT2D eigenvalue weighted by Crippen LogP contribution is 2.11. The van der Waals surface area contributed by atoms with Crippen molar-refractivity contribution in [3.8, 4) is 0 Å². The van der Waals surface area contributed by atoms with Crippen molar-refractivity contribution in [2.24, 2.45) is 11.8 Å². The molecule has 24 heavy (non-hydrogen) atoms. The highest BCUT2D eigenvalue weighted by molar-refractivity contribution is 7.89. The Morgan fingerprint density at radius 3 is 2.17 bits per heavy atom. The number of benzene rings is 1. The molecule has 0 spiro atoms. The molecule has 1 rings (SSSR count). The van der Waals surface area contributed by atoms with Crippen molar-refractivity contribution >= 4 is 21.9 Å². The lowest BCUT2D eigenvalue weighted by atomic mass is 10.1. The molecule has 1 aromatic rings. The number of carboxylic acid groups (broad SMARTS) is 1. The minimum Gasteiger partial charge on any atom is -0.481 e. The molecule has 1 aromatic carbocycles. The third-order valence-corrected chi connectivity index (χ3v) is 4.68. The predicted octanol–water partition coefficient (Wildman–Crippen LogP) is 1.46. The first kappa shape index (κ1) is 20.1. The van der Waals surface area contributed by atoms with Crippen molar-refractivity contribution in [2.45, 2.75) is 32.1 Å². The molecule has 0 heterocycles. The molecular formula is C16H24N2O5S. The van der Waals surface area contributed by atoms with Crippen LogP contribution in [0.3, 0.4) is 0 Å². The van der Waals surface area contributed by atoms with Crippen LogP contribution in [0.25, 0.3) is 0 Å². The number of carbonyl (C=O) groups is 2. The van der Waals surface area contributed by atoms with Gasteiger partial charge in [-0.1, -0.05) is 20.8 Å². The Hall–Kier alpha value is -1.93. The highest BCUT2D eigenvalue weighted by Gasteiger charge is 2.15. The maximum absolute atomic E-state index is 12.1. The Labute approximate surface area is 142 Å². The van der Waals surface area contributed by atoms with Gasteiger partial charge in [0.2, 0.25) is 10.0 Å². The zero-order valence-electron chi connectivity index (χ0n) is 14.1. The molecule has 1 unspecified atom stereocenters. The van der Waals surface area contributed by atoms with E-state index in [0.717, 1.165) is 0 Å². The van der Waals surface area contributed by atoms with Crippen molar-refractivity contribution < 1.29 is 23.1 Å². The Morgan fingerprint density at radius 1 is 1.08 bits per heavy atom. The summed E-state index contributed by atoms with van der Waals surface area (Å²) in [6.45, 7) is 6.11. The quantitative estimate of drug-likeness (QED) is 0.620. The van der Waals surface area contributed by atoms with Gasteiger partial charge in [-0.05, 0) is 36.1 Å². The number of carbonyl (C=O) groups excluding carboxylic acids is 1. The number of carboxylic acids is 1. The van der Waals surface area contributed by atoms with E-state index >= 15 is 0 Å². The van der Waals surface area contributed by atoms with Crippen LogP contribution < -0.4 is 10.0 Å². The molecule has 1 amide bonds. The molecule has 0 aliphatic heterocycles. The number of aliphatic carboxylic acids is 1. The lowest BCUT2D eigenvalue weighted by molar-refractivity contribution is -0.137. The molecule has 0 aromatic heterocycles. The summed E-state index contributed by atoms with van der Waals surface area (Å²) in [7, 11) is -3.58. The summed E-state index contributed by atoms with van der Waals surface area (Å²) in [6, 6.07) is 5.61. The normalized spacial score (nSPS) is 12.8. The average molecular weight is 356 g/mol. The molecule has 0 aliphatic carbocycles. The molecule has 0 saturated carbocycles. The van der Waals surface area contributed by atoms with E-state index in [9.17, 15) is 18.0 Å². The van der Waals surface area contributed by atoms with E-state index in [0.29, 0.717) is 12.1 Å². The molecule has 3 N–H and O–H groups in total. The van der Waals surface area contributed by atoms with Gasteiger partial charge in [0, 0.05) is 25.1 Å². The summed E-state index contributed by atoms with van der Waals surface area (Å²) in [5.41, 5.74) is 0.320. The van der Waals surface area contributed by atoms with Crippen LogP contribution in [0.5, 0.6) is 0 Å². The van der Waals surface area contributed by atoms with E-state index in [4.69, 9.17) is 5.11 Å². The Balaban J connectivity index is 2.66. The molecule has 0 fully saturated rings. The summed E-state index contributed by atoms with van der Waals surface area (Å²) in [5, 5.41) is 11.3. The van der Waals surface area contributed by atoms with Crippen LogP contribution in [0.1, 0.15) is 37.6 Å². The summed E-state index contributed by atoms with van der Waals surface area (Å²) in [4.78, 5) is 22.7. The van der Waals surface area contributed by atoms with Gasteiger partial charge in [0.05, 0.1) is 4.90 Å². The van der Waals surface area contributed by atoms with Crippen LogP contribution in [0.2, 0.25) is 0 Å². The summed E-state index contributed by atoms with van der Waals surface area (Å²) < 4.78 is 26.6. The summed E-state index contributed by atoms with van der Waals surface area (Å²) in [5.74, 6) is -1.28. The molecule has 7 nitrogen and oxygen atoms in total. The van der Waals surface area contributed by atoms with E-state index in [2.05, 4.69) is 10.0 Å². The van der Waals surface area contributed by atoms with Gasteiger partial charge in [-0.3, -0.25) is 9.59 Å². The maximum atomic E-state index is 12.1. The van der Waals surface area contributed by atoms with Crippen molar-refractivity contribution in [1.29, 1.82) is 0 Å². The molecule has 0 bridgehead atoms. The van der Waals surface area contributed by atoms with Gasteiger partial charge in [-0.2, -0.15) is 0 Å². The van der Waals surface area contributed by atoms with Crippen molar-refractivity contribution in [1.82, 2.24) is 10.0 Å². The molecule has 8 heteroatoms. The minimum atomic E-state index is -3.58. The van der Waals surface area contributed by atoms with E-state index in [1.807, 2.05) is 13.8 Å². The number of hydrogen-bond acceptors (Lipinski definition) is 4. The smallest absolute Gasteiger partial charge is 0.303 e. The predicted molar refractivity (Wildman–Crippen MR) is 90.2 cm³/mol. The second kappa shape index (κ2) is 8.79. The zero-order chi connectivity index (χ0) is 18.3. The van der Waals surface area contributed by atoms with E-state index < -0.39 is 16.0 Å². The molecule has 1 atom stereocenters. The number of amides is 1. The molecule has 134 valence electrons. The lowest BCUT2D eigenvalue weighted by Crippen LogP contribution is -2.29. The topological polar surface area (TPSA) is 113 Å². The molecular weight excluding hydrogens is 332 g/mol. The summed E-state index contributed by atoms with van der Waals surface area (Å²) >= 11 is 0. The van der Waals surface area contributed by atoms with Crippen LogP contribution in [0, 0.1) is 11.8 Å². The van der Waals surface area contributed by atoms with Gasteiger partial charge < -0.3 is 10.4 Å². The van der Waals surface area contributed by atoms with E-state index in [1.54, 1.807) is 6.92 Å². The van der Waals surface area contributed by atoms with Crippen LogP contribution >= 0.6 is 0 Å². The monoisotopic (exact) mass is 356 g/mol. The van der Waals surface area contributed by atoms with Gasteiger partial charge >= 0.3 is 5.97 Å². The Kier molecular flexibility index (Phi) is 7.37. The fourth-order valence-electron chi connectivity index (χ4n) is 1.88. The standard InChI is InChI=1S/C16H24N2O5S/c1-11(2)9-18-24(22,23)14-6-4-13(5-7-14)16(21)17-10-12(3)8-15(19)20/h4-7,11-12,18H,8-10H2,1-3H3,(H,17,21)(H,19,20). The van der Waals surface area contributed by atoms with Gasteiger partial charge in [-0.25, -0.2) is 13.1 Å². The highest BCUT2D eigenvalue weighted by atomic mass is 32.2. The Morgan fingerprint density at radius 2 is 1.67 bits per heavy atom. The lowest BCUT2D eigenvalue weighted by Gasteiger charge is -2.11. The van der Waals surface area contributed by atoms with Crippen molar-refractivity contribution in [3.63, 3.8) is 0 Å². The molecule has 0 aliphatic rings. The van der Waals surface area contributed by atoms with Crippen LogP contribution in [-0.2, 0) is 14.8 Å². The molecule has 0 saturated heterocycles. The first-order valence-electron chi connectivity index (χ1n) is 7.71. The minimum absolute atomic E-state index is 0.0288. The SMILES string of the molecule is CC(C)CNS(=O)(=O)c1ccc(C(=O)NCC(C)CC(=O)O)cc1. The first-order valence-corrected chi connectivity index (χ1v) is 9.20. The number of hydrogen-bond donors (Lipinski definition) is 3. The van der Waals surface area contributed by atoms with Gasteiger partial charge in [0.1, 0.15) is 0 Å². The summed E-state index contributed by atoms with van der Waals surface area (Å²) in [6.07, 6.45) is -0.0288. The van der Waals surface area contributed by atoms with E-state index in [1.165, 1.54) is 24.3 Å². The largest absolute Gasteiger partial charge is 0.481 e. The second-order valence-electron chi connectivity index (χ2n) is 6.18. The van der Waals surface area contributed by atoms with Gasteiger partial charge in [0.15, 0.2) is 0 Å². The number of rotatable bonds is 9. The van der Waals surface area contributed by atoms with E-state index in [-0.39, 0.29) is 35.6 Å². The van der Waals surface area contributed by atoms with Crippen molar-refractivity contribution in [2.75, 3.05) is 13.1 Å². The second-order valence-corrected chi connectivity index (χ2v) is 7.95. The fourth-order valence-corrected chi connectivity index (χ4v) is 3.10. The number of nitrogens with one attached hydrogen (secondary N) is 2. The zero-order valence-corrected chi connectivity index (χ0v) is 14.9. The first-order chi connectivity index (χ1) is 11.1. The van der Waals surface area contributed by atoms with Crippen LogP contribution in [-0.4, -0.2) is 38.5 Å². The van der Waals surface area contributed by atoms with Crippen LogP contribution in [0.4, 0.5) is 0 Å². The van der Waals surface area contributed by atoms with Gasteiger partial charge in [0.25, 0.3) is 5.91 Å². The maximum Gasteiger partial charge on any atom is 0.303 e. The average Bonchev–Trinajstić information content (AvgIpc) is 2.50. The van der Waals surface area contributed by atoms with Crippen LogP contribution in [0.15, 0.2) is 29.2 Å². The van der Waals surface area contributed by atoms with Gasteiger partial charge in [-0.15, -0.1) is 0 Å². The third kappa shape index (κ3) is 6.67. The van der Waals surface area contributed by atoms with Crippen molar-refractivity contribution in [3.05, 3.63) is 29.8 Å². The number of sulfonamides is 1. The molecule has 0 radical (unpaired) electrons. The fraction of sp³-hybridized carbons (Fsp3) is 0.500. The Bertz CT molecular complexity index is 668.